The van der Waals surface area contributed by atoms with E-state index in [2.05, 4.69) is 24.1 Å². The number of benzene rings is 1. The van der Waals surface area contributed by atoms with Crippen molar-refractivity contribution in [3.63, 3.8) is 0 Å². The van der Waals surface area contributed by atoms with E-state index in [9.17, 15) is 4.79 Å². The maximum absolute atomic E-state index is 12.9. The summed E-state index contributed by atoms with van der Waals surface area (Å²) in [5.41, 5.74) is 1.10. The molecule has 0 N–H and O–H groups in total. The van der Waals surface area contributed by atoms with Crippen LogP contribution in [-0.2, 0) is 0 Å². The molecule has 1 fully saturated rings. The quantitative estimate of drug-likeness (QED) is 0.811. The minimum Gasteiger partial charge on any atom is -0.362 e. The zero-order chi connectivity index (χ0) is 14.8. The second kappa shape index (κ2) is 6.18. The standard InChI is InChI=1S/C18H23NOS/c1-13(2)19(14-8-4-3-5-9-14)16-12-21-17-11-7-6-10-15(17)18(16)20/h6-7,10-14H,3-5,8-9H2,1-2H3. The maximum atomic E-state index is 12.9. The van der Waals surface area contributed by atoms with Gasteiger partial charge in [0, 0.05) is 27.5 Å². The van der Waals surface area contributed by atoms with Crippen LogP contribution in [0, 0.1) is 0 Å². The predicted octanol–water partition coefficient (Wildman–Crippen LogP) is 4.81. The Morgan fingerprint density at radius 1 is 1.14 bits per heavy atom. The van der Waals surface area contributed by atoms with Gasteiger partial charge in [0.05, 0.1) is 5.69 Å². The molecule has 0 spiro atoms. The van der Waals surface area contributed by atoms with E-state index in [-0.39, 0.29) is 5.43 Å². The first-order valence-corrected chi connectivity index (χ1v) is 8.85. The van der Waals surface area contributed by atoms with Crippen molar-refractivity contribution in [1.29, 1.82) is 0 Å². The van der Waals surface area contributed by atoms with Crippen molar-refractivity contribution >= 4 is 27.1 Å². The molecule has 21 heavy (non-hydrogen) atoms. The molecule has 0 radical (unpaired) electrons. The molecule has 1 aromatic carbocycles. The molecule has 0 bridgehead atoms. The van der Waals surface area contributed by atoms with Crippen LogP contribution < -0.4 is 10.3 Å². The Labute approximate surface area is 130 Å². The molecule has 0 saturated heterocycles. The topological polar surface area (TPSA) is 20.3 Å². The van der Waals surface area contributed by atoms with Crippen molar-refractivity contribution in [3.8, 4) is 0 Å². The second-order valence-electron chi connectivity index (χ2n) is 6.24. The number of hydrogen-bond donors (Lipinski definition) is 0. The van der Waals surface area contributed by atoms with Crippen molar-refractivity contribution in [1.82, 2.24) is 0 Å². The molecule has 0 unspecified atom stereocenters. The SMILES string of the molecule is CC(C)N(c1csc2ccccc2c1=O)C1CCCCC1. The largest absolute Gasteiger partial charge is 0.362 e. The molecule has 1 saturated carbocycles. The molecule has 112 valence electrons. The Hall–Kier alpha value is -1.35. The van der Waals surface area contributed by atoms with Gasteiger partial charge in [-0.05, 0) is 38.8 Å². The lowest BCUT2D eigenvalue weighted by molar-refractivity contribution is 0.398. The zero-order valence-electron chi connectivity index (χ0n) is 12.8. The van der Waals surface area contributed by atoms with E-state index in [1.807, 2.05) is 24.3 Å². The third-order valence-corrected chi connectivity index (χ3v) is 5.42. The first kappa shape index (κ1) is 14.6. The van der Waals surface area contributed by atoms with Crippen molar-refractivity contribution < 1.29 is 0 Å². The third kappa shape index (κ3) is 2.84. The lowest BCUT2D eigenvalue weighted by Gasteiger charge is -2.38. The summed E-state index contributed by atoms with van der Waals surface area (Å²) in [4.78, 5) is 15.3. The van der Waals surface area contributed by atoms with Gasteiger partial charge in [-0.15, -0.1) is 11.3 Å². The highest BCUT2D eigenvalue weighted by molar-refractivity contribution is 7.16. The molecule has 0 atom stereocenters. The minimum absolute atomic E-state index is 0.198. The number of anilines is 1. The Kier molecular flexibility index (Phi) is 4.29. The highest BCUT2D eigenvalue weighted by atomic mass is 32.1. The van der Waals surface area contributed by atoms with Gasteiger partial charge in [0.15, 0.2) is 0 Å². The summed E-state index contributed by atoms with van der Waals surface area (Å²) in [6, 6.07) is 8.84. The monoisotopic (exact) mass is 301 g/mol. The molecule has 2 aromatic rings. The molecule has 3 heteroatoms. The van der Waals surface area contributed by atoms with Gasteiger partial charge < -0.3 is 4.90 Å². The fraction of sp³-hybridized carbons (Fsp3) is 0.500. The fourth-order valence-corrected chi connectivity index (χ4v) is 4.41. The Balaban J connectivity index is 2.07. The molecule has 0 aliphatic heterocycles. The first-order valence-electron chi connectivity index (χ1n) is 7.97. The molecule has 1 heterocycles. The third-order valence-electron chi connectivity index (χ3n) is 4.46. The lowest BCUT2D eigenvalue weighted by Crippen LogP contribution is -2.43. The maximum Gasteiger partial charge on any atom is 0.211 e. The van der Waals surface area contributed by atoms with Crippen LogP contribution >= 0.6 is 11.3 Å². The van der Waals surface area contributed by atoms with Gasteiger partial charge in [-0.2, -0.15) is 0 Å². The average Bonchev–Trinajstić information content (AvgIpc) is 2.51. The summed E-state index contributed by atoms with van der Waals surface area (Å²) in [5, 5.41) is 2.93. The molecular weight excluding hydrogens is 278 g/mol. The van der Waals surface area contributed by atoms with E-state index in [1.165, 1.54) is 32.1 Å². The molecule has 1 aliphatic rings. The van der Waals surface area contributed by atoms with E-state index in [4.69, 9.17) is 0 Å². The summed E-state index contributed by atoms with van der Waals surface area (Å²) in [6.07, 6.45) is 6.36. The van der Waals surface area contributed by atoms with Crippen molar-refractivity contribution in [2.75, 3.05) is 4.90 Å². The number of fused-ring (bicyclic) bond motifs is 1. The van der Waals surface area contributed by atoms with E-state index < -0.39 is 0 Å². The molecule has 1 aromatic heterocycles. The molecule has 1 aliphatic carbocycles. The molecular formula is C18H23NOS. The lowest BCUT2D eigenvalue weighted by atomic mass is 9.93. The zero-order valence-corrected chi connectivity index (χ0v) is 13.7. The molecule has 2 nitrogen and oxygen atoms in total. The number of hydrogen-bond acceptors (Lipinski definition) is 3. The van der Waals surface area contributed by atoms with E-state index in [1.54, 1.807) is 11.3 Å². The van der Waals surface area contributed by atoms with Crippen LogP contribution in [-0.4, -0.2) is 12.1 Å². The molecule has 0 amide bonds. The van der Waals surface area contributed by atoms with Crippen LogP contribution in [0.4, 0.5) is 5.69 Å². The summed E-state index contributed by atoms with van der Waals surface area (Å²) in [5.74, 6) is 0. The fourth-order valence-electron chi connectivity index (χ4n) is 3.50. The highest BCUT2D eigenvalue weighted by Gasteiger charge is 2.25. The van der Waals surface area contributed by atoms with Crippen molar-refractivity contribution in [3.05, 3.63) is 39.9 Å². The Morgan fingerprint density at radius 2 is 1.86 bits per heavy atom. The highest BCUT2D eigenvalue weighted by Crippen LogP contribution is 2.30. The van der Waals surface area contributed by atoms with Gasteiger partial charge in [-0.3, -0.25) is 4.79 Å². The van der Waals surface area contributed by atoms with Crippen LogP contribution in [0.15, 0.2) is 34.4 Å². The van der Waals surface area contributed by atoms with Crippen LogP contribution in [0.25, 0.3) is 10.1 Å². The van der Waals surface area contributed by atoms with Gasteiger partial charge in [-0.25, -0.2) is 0 Å². The van der Waals surface area contributed by atoms with Crippen LogP contribution in [0.5, 0.6) is 0 Å². The smallest absolute Gasteiger partial charge is 0.211 e. The Morgan fingerprint density at radius 3 is 2.57 bits per heavy atom. The summed E-state index contributed by atoms with van der Waals surface area (Å²) < 4.78 is 1.08. The van der Waals surface area contributed by atoms with Gasteiger partial charge in [0.2, 0.25) is 5.43 Å². The molecule has 3 rings (SSSR count). The van der Waals surface area contributed by atoms with Crippen molar-refractivity contribution in [2.24, 2.45) is 0 Å². The van der Waals surface area contributed by atoms with Gasteiger partial charge in [0.25, 0.3) is 0 Å². The van der Waals surface area contributed by atoms with Crippen LogP contribution in [0.2, 0.25) is 0 Å². The Bertz CT molecular complexity index is 670. The van der Waals surface area contributed by atoms with E-state index >= 15 is 0 Å². The van der Waals surface area contributed by atoms with Gasteiger partial charge >= 0.3 is 0 Å². The predicted molar refractivity (Wildman–Crippen MR) is 92.6 cm³/mol. The van der Waals surface area contributed by atoms with Gasteiger partial charge in [-0.1, -0.05) is 31.4 Å². The van der Waals surface area contributed by atoms with E-state index in [0.29, 0.717) is 12.1 Å². The summed E-state index contributed by atoms with van der Waals surface area (Å²) in [7, 11) is 0. The van der Waals surface area contributed by atoms with E-state index in [0.717, 1.165) is 15.8 Å². The van der Waals surface area contributed by atoms with Gasteiger partial charge in [0.1, 0.15) is 0 Å². The average molecular weight is 301 g/mol. The van der Waals surface area contributed by atoms with Crippen LogP contribution in [0.3, 0.4) is 0 Å². The second-order valence-corrected chi connectivity index (χ2v) is 7.15. The van der Waals surface area contributed by atoms with Crippen molar-refractivity contribution in [2.45, 2.75) is 58.0 Å². The normalized spacial score (nSPS) is 16.5. The minimum atomic E-state index is 0.198. The summed E-state index contributed by atoms with van der Waals surface area (Å²) in [6.45, 7) is 4.40. The van der Waals surface area contributed by atoms with Crippen LogP contribution in [0.1, 0.15) is 46.0 Å². The first-order chi connectivity index (χ1) is 10.2. The number of rotatable bonds is 3. The summed E-state index contributed by atoms with van der Waals surface area (Å²) >= 11 is 1.69. The number of nitrogens with zero attached hydrogens (tertiary/aromatic N) is 1.